The van der Waals surface area contributed by atoms with Gasteiger partial charge in [-0.05, 0) is 47.5 Å². The number of benzene rings is 3. The Morgan fingerprint density at radius 1 is 1.03 bits per heavy atom. The van der Waals surface area contributed by atoms with E-state index in [-0.39, 0.29) is 35.2 Å². The van der Waals surface area contributed by atoms with Crippen LogP contribution in [-0.4, -0.2) is 26.6 Å². The van der Waals surface area contributed by atoms with Crippen molar-refractivity contribution in [3.63, 3.8) is 0 Å². The number of nitrogens with one attached hydrogen (secondary N) is 1. The summed E-state index contributed by atoms with van der Waals surface area (Å²) in [5, 5.41) is 8.97. The molecule has 0 bridgehead atoms. The molecule has 31 heavy (non-hydrogen) atoms. The van der Waals surface area contributed by atoms with Crippen LogP contribution in [0.4, 0.5) is 10.1 Å². The predicted octanol–water partition coefficient (Wildman–Crippen LogP) is 3.84. The van der Waals surface area contributed by atoms with Gasteiger partial charge >= 0.3 is 5.97 Å². The molecule has 0 spiro atoms. The smallest absolute Gasteiger partial charge is 0.307 e. The number of carbonyl (C=O) groups is 1. The first-order valence-corrected chi connectivity index (χ1v) is 10.6. The average Bonchev–Trinajstić information content (AvgIpc) is 2.73. The first kappa shape index (κ1) is 22.1. The summed E-state index contributed by atoms with van der Waals surface area (Å²) in [6, 6.07) is 16.4. The van der Waals surface area contributed by atoms with Gasteiger partial charge < -0.3 is 14.6 Å². The van der Waals surface area contributed by atoms with E-state index in [1.807, 2.05) is 0 Å². The standard InChI is InChI=1S/C22H20FNO6S/c1-29-20-10-7-16(12-22(25)26)11-21(20)31(27,28)24-18-3-2-4-19(13-18)30-14-15-5-8-17(23)9-6-15/h2-11,13,24H,12,14H2,1H3,(H,25,26). The molecular weight excluding hydrogens is 425 g/mol. The molecule has 2 N–H and O–H groups in total. The minimum absolute atomic E-state index is 0.0883. The van der Waals surface area contributed by atoms with Gasteiger partial charge in [0.05, 0.1) is 19.2 Å². The number of carboxylic acid groups (broad SMARTS) is 1. The first-order chi connectivity index (χ1) is 14.8. The van der Waals surface area contributed by atoms with Crippen LogP contribution < -0.4 is 14.2 Å². The monoisotopic (exact) mass is 445 g/mol. The van der Waals surface area contributed by atoms with Crippen molar-refractivity contribution in [3.05, 3.63) is 83.7 Å². The molecule has 0 fully saturated rings. The van der Waals surface area contributed by atoms with E-state index in [4.69, 9.17) is 14.6 Å². The number of hydrogen-bond acceptors (Lipinski definition) is 5. The lowest BCUT2D eigenvalue weighted by atomic mass is 10.1. The van der Waals surface area contributed by atoms with Crippen LogP contribution in [0.2, 0.25) is 0 Å². The summed E-state index contributed by atoms with van der Waals surface area (Å²) in [5.74, 6) is -0.919. The molecule has 3 rings (SSSR count). The number of methoxy groups -OCH3 is 1. The minimum atomic E-state index is -4.07. The topological polar surface area (TPSA) is 102 Å². The molecule has 0 saturated carbocycles. The molecule has 0 radical (unpaired) electrons. The van der Waals surface area contributed by atoms with Crippen LogP contribution in [-0.2, 0) is 27.8 Å². The van der Waals surface area contributed by atoms with Crippen molar-refractivity contribution in [3.8, 4) is 11.5 Å². The van der Waals surface area contributed by atoms with E-state index in [1.165, 1.54) is 43.5 Å². The van der Waals surface area contributed by atoms with Crippen LogP contribution in [0.5, 0.6) is 11.5 Å². The van der Waals surface area contributed by atoms with Crippen LogP contribution in [0.15, 0.2) is 71.6 Å². The molecule has 9 heteroatoms. The van der Waals surface area contributed by atoms with Crippen LogP contribution >= 0.6 is 0 Å². The van der Waals surface area contributed by atoms with E-state index in [1.54, 1.807) is 30.3 Å². The van der Waals surface area contributed by atoms with Crippen LogP contribution in [0.3, 0.4) is 0 Å². The normalized spacial score (nSPS) is 11.0. The molecule has 0 heterocycles. The number of hydrogen-bond donors (Lipinski definition) is 2. The van der Waals surface area contributed by atoms with Crippen LogP contribution in [0.1, 0.15) is 11.1 Å². The van der Waals surface area contributed by atoms with Gasteiger partial charge in [-0.15, -0.1) is 0 Å². The summed E-state index contributed by atoms with van der Waals surface area (Å²) >= 11 is 0. The molecule has 0 unspecified atom stereocenters. The fraction of sp³-hybridized carbons (Fsp3) is 0.136. The number of carboxylic acids is 1. The highest BCUT2D eigenvalue weighted by atomic mass is 32.2. The van der Waals surface area contributed by atoms with Gasteiger partial charge in [0.25, 0.3) is 10.0 Å². The lowest BCUT2D eigenvalue weighted by Gasteiger charge is -2.14. The fourth-order valence-electron chi connectivity index (χ4n) is 2.82. The maximum Gasteiger partial charge on any atom is 0.307 e. The molecule has 0 aromatic heterocycles. The second-order valence-electron chi connectivity index (χ2n) is 6.60. The van der Waals surface area contributed by atoms with E-state index < -0.39 is 16.0 Å². The zero-order valence-electron chi connectivity index (χ0n) is 16.5. The molecule has 0 aliphatic carbocycles. The number of ether oxygens (including phenoxy) is 2. The first-order valence-electron chi connectivity index (χ1n) is 9.15. The van der Waals surface area contributed by atoms with Gasteiger partial charge in [-0.1, -0.05) is 24.3 Å². The van der Waals surface area contributed by atoms with E-state index in [9.17, 15) is 17.6 Å². The van der Waals surface area contributed by atoms with Crippen molar-refractivity contribution in [2.75, 3.05) is 11.8 Å². The Morgan fingerprint density at radius 3 is 2.42 bits per heavy atom. The molecule has 0 amide bonds. The van der Waals surface area contributed by atoms with Crippen molar-refractivity contribution in [1.29, 1.82) is 0 Å². The Morgan fingerprint density at radius 2 is 1.74 bits per heavy atom. The highest BCUT2D eigenvalue weighted by Crippen LogP contribution is 2.28. The zero-order valence-corrected chi connectivity index (χ0v) is 17.4. The van der Waals surface area contributed by atoms with Crippen molar-refractivity contribution in [2.24, 2.45) is 0 Å². The summed E-state index contributed by atoms with van der Waals surface area (Å²) in [5.41, 5.74) is 1.33. The van der Waals surface area contributed by atoms with Crippen LogP contribution in [0, 0.1) is 5.82 Å². The van der Waals surface area contributed by atoms with Gasteiger partial charge in [0.2, 0.25) is 0 Å². The summed E-state index contributed by atoms with van der Waals surface area (Å²) < 4.78 is 52.1. The Labute approximate surface area is 179 Å². The van der Waals surface area contributed by atoms with Gasteiger partial charge in [0.15, 0.2) is 0 Å². The molecule has 162 valence electrons. The quantitative estimate of drug-likeness (QED) is 0.519. The Hall–Kier alpha value is -3.59. The lowest BCUT2D eigenvalue weighted by molar-refractivity contribution is -0.136. The second kappa shape index (κ2) is 9.48. The van der Waals surface area contributed by atoms with E-state index in [2.05, 4.69) is 4.72 Å². The third-order valence-corrected chi connectivity index (χ3v) is 5.68. The molecule has 0 saturated heterocycles. The largest absolute Gasteiger partial charge is 0.495 e. The third kappa shape index (κ3) is 5.95. The predicted molar refractivity (Wildman–Crippen MR) is 112 cm³/mol. The zero-order chi connectivity index (χ0) is 22.4. The molecule has 3 aromatic rings. The van der Waals surface area contributed by atoms with Crippen molar-refractivity contribution < 1.29 is 32.2 Å². The third-order valence-electron chi connectivity index (χ3n) is 4.28. The molecule has 3 aromatic carbocycles. The maximum absolute atomic E-state index is 13.0. The minimum Gasteiger partial charge on any atom is -0.495 e. The number of halogens is 1. The molecule has 0 aliphatic rings. The Bertz CT molecular complexity index is 1180. The number of anilines is 1. The highest BCUT2D eigenvalue weighted by Gasteiger charge is 2.21. The maximum atomic E-state index is 13.0. The fourth-order valence-corrected chi connectivity index (χ4v) is 4.09. The van der Waals surface area contributed by atoms with Gasteiger partial charge in [0.1, 0.15) is 28.8 Å². The average molecular weight is 445 g/mol. The van der Waals surface area contributed by atoms with Crippen molar-refractivity contribution in [2.45, 2.75) is 17.9 Å². The number of aliphatic carboxylic acids is 1. The summed E-state index contributed by atoms with van der Waals surface area (Å²) in [7, 11) is -2.74. The SMILES string of the molecule is COc1ccc(CC(=O)O)cc1S(=O)(=O)Nc1cccc(OCc2ccc(F)cc2)c1. The van der Waals surface area contributed by atoms with Crippen molar-refractivity contribution in [1.82, 2.24) is 0 Å². The van der Waals surface area contributed by atoms with Gasteiger partial charge in [-0.2, -0.15) is 0 Å². The summed E-state index contributed by atoms with van der Waals surface area (Å²) in [4.78, 5) is 10.8. The van der Waals surface area contributed by atoms with E-state index in [0.29, 0.717) is 11.3 Å². The van der Waals surface area contributed by atoms with E-state index >= 15 is 0 Å². The lowest BCUT2D eigenvalue weighted by Crippen LogP contribution is -2.15. The van der Waals surface area contributed by atoms with Crippen LogP contribution in [0.25, 0.3) is 0 Å². The second-order valence-corrected chi connectivity index (χ2v) is 8.26. The van der Waals surface area contributed by atoms with Crippen molar-refractivity contribution >= 4 is 21.7 Å². The molecule has 0 atom stereocenters. The highest BCUT2D eigenvalue weighted by molar-refractivity contribution is 7.92. The molecule has 0 aliphatic heterocycles. The van der Waals surface area contributed by atoms with Gasteiger partial charge in [0, 0.05) is 6.07 Å². The Kier molecular flexibility index (Phi) is 6.76. The Balaban J connectivity index is 1.79. The molecule has 7 nitrogen and oxygen atoms in total. The molecular formula is C22H20FNO6S. The van der Waals surface area contributed by atoms with E-state index in [0.717, 1.165) is 5.56 Å². The summed E-state index contributed by atoms with van der Waals surface area (Å²) in [6.07, 6.45) is -0.320. The number of sulfonamides is 1. The summed E-state index contributed by atoms with van der Waals surface area (Å²) in [6.45, 7) is 0.182. The van der Waals surface area contributed by atoms with Gasteiger partial charge in [-0.25, -0.2) is 12.8 Å². The number of rotatable bonds is 9. The van der Waals surface area contributed by atoms with Gasteiger partial charge in [-0.3, -0.25) is 9.52 Å².